The molecule has 0 spiro atoms. The number of benzene rings is 1. The largest absolute Gasteiger partial charge is 0.494 e. The fourth-order valence-corrected chi connectivity index (χ4v) is 4.62. The molecule has 2 amide bonds. The molecule has 1 aromatic rings. The van der Waals surface area contributed by atoms with E-state index in [1.54, 1.807) is 0 Å². The number of methoxy groups -OCH3 is 1. The normalized spacial score (nSPS) is 20.5. The quantitative estimate of drug-likeness (QED) is 0.492. The molecule has 2 heterocycles. The Hall–Kier alpha value is -2.91. The summed E-state index contributed by atoms with van der Waals surface area (Å²) < 4.78 is 17.0. The molecular weight excluding hydrogens is 457 g/mol. The van der Waals surface area contributed by atoms with Crippen molar-refractivity contribution >= 4 is 35.9 Å². The Kier molecular flexibility index (Phi) is 7.17. The van der Waals surface area contributed by atoms with Crippen molar-refractivity contribution in [1.29, 1.82) is 0 Å². The van der Waals surface area contributed by atoms with Crippen LogP contribution in [-0.2, 0) is 18.8 Å². The van der Waals surface area contributed by atoms with E-state index in [1.807, 2.05) is 59.9 Å². The summed E-state index contributed by atoms with van der Waals surface area (Å²) in [7, 11) is 0.883. The number of hydrogen-bond acceptors (Lipinski definition) is 6. The predicted molar refractivity (Wildman–Crippen MR) is 141 cm³/mol. The van der Waals surface area contributed by atoms with E-state index in [-0.39, 0.29) is 23.2 Å². The number of hydrogen-bond donors (Lipinski definition) is 1. The highest BCUT2D eigenvalue weighted by Gasteiger charge is 2.51. The average molecular weight is 493 g/mol. The highest BCUT2D eigenvalue weighted by molar-refractivity contribution is 6.62. The Bertz CT molecular complexity index is 1120. The first-order valence-electron chi connectivity index (χ1n) is 12.6. The minimum absolute atomic E-state index is 0.203. The average Bonchev–Trinajstić information content (AvgIpc) is 3.54. The molecule has 0 radical (unpaired) electrons. The lowest BCUT2D eigenvalue weighted by Crippen LogP contribution is -2.50. The zero-order chi connectivity index (χ0) is 26.3. The van der Waals surface area contributed by atoms with Crippen LogP contribution < -0.4 is 10.9 Å². The molecular formula is C27H36BN3O5. The maximum absolute atomic E-state index is 13.3. The van der Waals surface area contributed by atoms with Gasteiger partial charge in [0.2, 0.25) is 0 Å². The Morgan fingerprint density at radius 1 is 1.08 bits per heavy atom. The lowest BCUT2D eigenvalue weighted by molar-refractivity contribution is -0.131. The molecule has 192 valence electrons. The predicted octanol–water partition coefficient (Wildman–Crippen LogP) is 4.16. The SMILES string of the molecule is COC(=O)NN(C(=O)C1=C(C2=NC=C(c3ccc(B4OC(C)(C)C(C)(C)O4)cc3)C2)CCC1)C(C)C. The van der Waals surface area contributed by atoms with Gasteiger partial charge in [-0.3, -0.25) is 9.79 Å². The molecule has 0 aromatic heterocycles. The molecule has 1 N–H and O–H groups in total. The minimum Gasteiger partial charge on any atom is -0.452 e. The van der Waals surface area contributed by atoms with Crippen LogP contribution in [0.5, 0.6) is 0 Å². The highest BCUT2D eigenvalue weighted by atomic mass is 16.7. The van der Waals surface area contributed by atoms with Crippen molar-refractivity contribution in [3.63, 3.8) is 0 Å². The minimum atomic E-state index is -0.664. The van der Waals surface area contributed by atoms with E-state index in [2.05, 4.69) is 22.3 Å². The summed E-state index contributed by atoms with van der Waals surface area (Å²) >= 11 is 0. The number of ether oxygens (including phenoxy) is 1. The summed E-state index contributed by atoms with van der Waals surface area (Å²) in [5.74, 6) is -0.203. The first-order chi connectivity index (χ1) is 16.9. The Morgan fingerprint density at radius 3 is 2.31 bits per heavy atom. The van der Waals surface area contributed by atoms with Crippen molar-refractivity contribution in [2.24, 2.45) is 4.99 Å². The number of nitrogens with one attached hydrogen (secondary N) is 1. The maximum Gasteiger partial charge on any atom is 0.494 e. The van der Waals surface area contributed by atoms with Crippen LogP contribution in [0.4, 0.5) is 4.79 Å². The molecule has 3 aliphatic rings. The number of hydrazine groups is 1. The summed E-state index contributed by atoms with van der Waals surface area (Å²) in [4.78, 5) is 29.8. The van der Waals surface area contributed by atoms with Gasteiger partial charge >= 0.3 is 13.2 Å². The number of aliphatic imine (C=N–C) groups is 1. The summed E-state index contributed by atoms with van der Waals surface area (Å²) in [6, 6.07) is 8.01. The van der Waals surface area contributed by atoms with Crippen LogP contribution in [0, 0.1) is 0 Å². The number of carbonyl (C=O) groups excluding carboxylic acids is 2. The Labute approximate surface area is 213 Å². The smallest absolute Gasteiger partial charge is 0.452 e. The van der Waals surface area contributed by atoms with Crippen molar-refractivity contribution in [3.05, 3.63) is 47.2 Å². The third-order valence-corrected chi connectivity index (χ3v) is 7.50. The number of nitrogens with zero attached hydrogens (tertiary/aromatic N) is 2. The molecule has 36 heavy (non-hydrogen) atoms. The molecule has 0 atom stereocenters. The van der Waals surface area contributed by atoms with Gasteiger partial charge in [-0.05, 0) is 83.0 Å². The van der Waals surface area contributed by atoms with Gasteiger partial charge in [0, 0.05) is 29.9 Å². The third kappa shape index (κ3) is 4.99. The number of carbonyl (C=O) groups is 2. The Balaban J connectivity index is 1.46. The topological polar surface area (TPSA) is 89.5 Å². The van der Waals surface area contributed by atoms with Crippen molar-refractivity contribution < 1.29 is 23.6 Å². The van der Waals surface area contributed by atoms with Crippen LogP contribution >= 0.6 is 0 Å². The molecule has 8 nitrogen and oxygen atoms in total. The van der Waals surface area contributed by atoms with Crippen LogP contribution in [-0.4, -0.2) is 54.2 Å². The molecule has 9 heteroatoms. The van der Waals surface area contributed by atoms with Crippen LogP contribution in [0.25, 0.3) is 5.57 Å². The van der Waals surface area contributed by atoms with E-state index in [4.69, 9.17) is 14.3 Å². The van der Waals surface area contributed by atoms with Crippen molar-refractivity contribution in [2.45, 2.75) is 84.5 Å². The van der Waals surface area contributed by atoms with E-state index < -0.39 is 13.2 Å². The zero-order valence-electron chi connectivity index (χ0n) is 22.3. The van der Waals surface area contributed by atoms with Crippen molar-refractivity contribution in [1.82, 2.24) is 10.4 Å². The lowest BCUT2D eigenvalue weighted by Gasteiger charge is -2.32. The van der Waals surface area contributed by atoms with Gasteiger partial charge in [-0.1, -0.05) is 24.3 Å². The maximum atomic E-state index is 13.3. The van der Waals surface area contributed by atoms with E-state index in [0.29, 0.717) is 18.4 Å². The van der Waals surface area contributed by atoms with Gasteiger partial charge in [0.05, 0.1) is 18.3 Å². The van der Waals surface area contributed by atoms with Gasteiger partial charge in [-0.2, -0.15) is 0 Å². The standard InChI is InChI=1S/C27H36BN3O5/c1-17(2)31(30-25(33)34-7)24(32)22-10-8-9-21(22)23-15-19(16-29-23)18-11-13-20(14-12-18)28-35-26(3,4)27(5,6)36-28/h11-14,16-17H,8-10,15H2,1-7H3,(H,30,33). The molecule has 0 saturated carbocycles. The summed E-state index contributed by atoms with van der Waals surface area (Å²) in [5, 5.41) is 1.34. The third-order valence-electron chi connectivity index (χ3n) is 7.50. The van der Waals surface area contributed by atoms with E-state index in [9.17, 15) is 9.59 Å². The first-order valence-corrected chi connectivity index (χ1v) is 12.6. The number of rotatable bonds is 5. The molecule has 1 fully saturated rings. The monoisotopic (exact) mass is 493 g/mol. The molecule has 1 aliphatic carbocycles. The summed E-state index contributed by atoms with van der Waals surface area (Å²) in [5.41, 5.74) is 7.56. The molecule has 0 bridgehead atoms. The molecule has 4 rings (SSSR count). The first kappa shape index (κ1) is 26.2. The summed E-state index contributed by atoms with van der Waals surface area (Å²) in [6.45, 7) is 11.9. The second-order valence-corrected chi connectivity index (χ2v) is 10.8. The fraction of sp³-hybridized carbons (Fsp3) is 0.519. The fourth-order valence-electron chi connectivity index (χ4n) is 4.62. The van der Waals surface area contributed by atoms with Crippen LogP contribution in [0.2, 0.25) is 0 Å². The van der Waals surface area contributed by atoms with Crippen molar-refractivity contribution in [2.75, 3.05) is 7.11 Å². The van der Waals surface area contributed by atoms with E-state index in [0.717, 1.165) is 40.7 Å². The van der Waals surface area contributed by atoms with Crippen molar-refractivity contribution in [3.8, 4) is 0 Å². The summed E-state index contributed by atoms with van der Waals surface area (Å²) in [6.07, 6.45) is 4.23. The van der Waals surface area contributed by atoms with Gasteiger partial charge in [-0.15, -0.1) is 0 Å². The molecule has 1 aromatic carbocycles. The van der Waals surface area contributed by atoms with Crippen LogP contribution in [0.15, 0.2) is 46.6 Å². The van der Waals surface area contributed by atoms with Gasteiger partial charge in [-0.25, -0.2) is 15.2 Å². The van der Waals surface area contributed by atoms with E-state index >= 15 is 0 Å². The zero-order valence-corrected chi connectivity index (χ0v) is 22.3. The second-order valence-electron chi connectivity index (χ2n) is 10.8. The molecule has 0 unspecified atom stereocenters. The molecule has 2 aliphatic heterocycles. The van der Waals surface area contributed by atoms with Gasteiger partial charge in [0.15, 0.2) is 0 Å². The number of amides is 2. The second kappa shape index (κ2) is 9.86. The molecule has 1 saturated heterocycles. The van der Waals surface area contributed by atoms with E-state index in [1.165, 1.54) is 12.1 Å². The Morgan fingerprint density at radius 2 is 1.72 bits per heavy atom. The van der Waals surface area contributed by atoms with Gasteiger partial charge in [0.25, 0.3) is 5.91 Å². The number of allylic oxidation sites excluding steroid dienone is 2. The van der Waals surface area contributed by atoms with Crippen LogP contribution in [0.1, 0.15) is 72.8 Å². The highest BCUT2D eigenvalue weighted by Crippen LogP contribution is 2.37. The van der Waals surface area contributed by atoms with Gasteiger partial charge < -0.3 is 14.0 Å². The lowest BCUT2D eigenvalue weighted by atomic mass is 9.78. The van der Waals surface area contributed by atoms with Crippen LogP contribution in [0.3, 0.4) is 0 Å². The van der Waals surface area contributed by atoms with Gasteiger partial charge in [0.1, 0.15) is 0 Å².